The summed E-state index contributed by atoms with van der Waals surface area (Å²) in [6.45, 7) is 0.0326. The van der Waals surface area contributed by atoms with E-state index in [1.807, 2.05) is 6.07 Å². The van der Waals surface area contributed by atoms with E-state index < -0.39 is 0 Å². The number of nitrogens with zero attached hydrogens (tertiary/aromatic N) is 4. The van der Waals surface area contributed by atoms with Crippen LogP contribution in [0.4, 0.5) is 5.82 Å². The van der Waals surface area contributed by atoms with Crippen LogP contribution in [0.25, 0.3) is 0 Å². The van der Waals surface area contributed by atoms with Crippen molar-refractivity contribution in [3.8, 4) is 0 Å². The van der Waals surface area contributed by atoms with Gasteiger partial charge in [-0.05, 0) is 59.4 Å². The Morgan fingerprint density at radius 1 is 1.19 bits per heavy atom. The second-order valence-corrected chi connectivity index (χ2v) is 8.00. The fraction of sp³-hybridized carbons (Fsp3) is 0.238. The number of furan rings is 2. The number of aromatic nitrogens is 1. The SMILES string of the molecule is CN(CC(=O)Nc1ccc(Br)cn1)CC(=O)N1N=C(c2ccco2)CC1c1ccco1. The molecule has 4 heterocycles. The van der Waals surface area contributed by atoms with Gasteiger partial charge in [0.05, 0.1) is 25.6 Å². The first-order chi connectivity index (χ1) is 15.0. The monoisotopic (exact) mass is 485 g/mol. The number of carbonyl (C=O) groups excluding carboxylic acids is 2. The number of rotatable bonds is 7. The number of likely N-dealkylation sites (N-methyl/N-ethyl adjacent to an activating group) is 1. The van der Waals surface area contributed by atoms with Gasteiger partial charge in [-0.1, -0.05) is 0 Å². The predicted molar refractivity (Wildman–Crippen MR) is 116 cm³/mol. The van der Waals surface area contributed by atoms with Crippen LogP contribution in [-0.2, 0) is 9.59 Å². The molecule has 1 N–H and O–H groups in total. The van der Waals surface area contributed by atoms with Crippen molar-refractivity contribution in [3.63, 3.8) is 0 Å². The van der Waals surface area contributed by atoms with Gasteiger partial charge in [0, 0.05) is 17.1 Å². The molecule has 0 aromatic carbocycles. The van der Waals surface area contributed by atoms with E-state index in [0.717, 1.165) is 4.47 Å². The number of pyridine rings is 1. The van der Waals surface area contributed by atoms with Crippen molar-refractivity contribution < 1.29 is 18.4 Å². The Morgan fingerprint density at radius 2 is 2.00 bits per heavy atom. The molecule has 160 valence electrons. The van der Waals surface area contributed by atoms with Gasteiger partial charge in [0.1, 0.15) is 29.1 Å². The molecule has 3 aromatic rings. The van der Waals surface area contributed by atoms with Crippen molar-refractivity contribution in [2.75, 3.05) is 25.5 Å². The van der Waals surface area contributed by atoms with E-state index in [1.54, 1.807) is 61.0 Å². The minimum Gasteiger partial charge on any atom is -0.467 e. The highest BCUT2D eigenvalue weighted by atomic mass is 79.9. The molecule has 0 aliphatic carbocycles. The summed E-state index contributed by atoms with van der Waals surface area (Å²) in [5.74, 6) is 1.17. The van der Waals surface area contributed by atoms with Crippen molar-refractivity contribution >= 4 is 39.3 Å². The molecule has 0 radical (unpaired) electrons. The van der Waals surface area contributed by atoms with Gasteiger partial charge in [-0.15, -0.1) is 0 Å². The number of hydrazone groups is 1. The fourth-order valence-electron chi connectivity index (χ4n) is 3.27. The molecule has 0 saturated carbocycles. The highest BCUT2D eigenvalue weighted by Gasteiger charge is 2.36. The topological polar surface area (TPSA) is 104 Å². The molecule has 1 atom stereocenters. The van der Waals surface area contributed by atoms with Gasteiger partial charge in [-0.3, -0.25) is 14.5 Å². The lowest BCUT2D eigenvalue weighted by molar-refractivity contribution is -0.134. The molecular formula is C21H20BrN5O4. The Balaban J connectivity index is 1.40. The van der Waals surface area contributed by atoms with Crippen molar-refractivity contribution in [2.45, 2.75) is 12.5 Å². The van der Waals surface area contributed by atoms with E-state index in [9.17, 15) is 9.59 Å². The van der Waals surface area contributed by atoms with Crippen LogP contribution in [0.2, 0.25) is 0 Å². The first-order valence-corrected chi connectivity index (χ1v) is 10.4. The summed E-state index contributed by atoms with van der Waals surface area (Å²) >= 11 is 3.30. The molecule has 0 spiro atoms. The number of halogens is 1. The van der Waals surface area contributed by atoms with Crippen LogP contribution < -0.4 is 5.32 Å². The van der Waals surface area contributed by atoms with Crippen LogP contribution in [0.1, 0.15) is 24.0 Å². The van der Waals surface area contributed by atoms with E-state index in [1.165, 1.54) is 5.01 Å². The molecule has 0 saturated heterocycles. The van der Waals surface area contributed by atoms with Gasteiger partial charge in [-0.25, -0.2) is 9.99 Å². The number of hydrogen-bond acceptors (Lipinski definition) is 7. The third-order valence-corrected chi connectivity index (χ3v) is 5.13. The van der Waals surface area contributed by atoms with Gasteiger partial charge in [0.15, 0.2) is 0 Å². The largest absolute Gasteiger partial charge is 0.467 e. The minimum absolute atomic E-state index is 0.00727. The van der Waals surface area contributed by atoms with Crippen molar-refractivity contribution in [2.24, 2.45) is 5.10 Å². The summed E-state index contributed by atoms with van der Waals surface area (Å²) in [5.41, 5.74) is 0.668. The Hall–Kier alpha value is -3.24. The Kier molecular flexibility index (Phi) is 6.28. The molecule has 1 unspecified atom stereocenters. The van der Waals surface area contributed by atoms with Gasteiger partial charge >= 0.3 is 0 Å². The van der Waals surface area contributed by atoms with Crippen LogP contribution in [0.5, 0.6) is 0 Å². The number of nitrogens with one attached hydrogen (secondary N) is 1. The van der Waals surface area contributed by atoms with Gasteiger partial charge in [0.25, 0.3) is 5.91 Å². The Labute approximate surface area is 186 Å². The summed E-state index contributed by atoms with van der Waals surface area (Å²) in [5, 5.41) is 8.59. The zero-order valence-electron chi connectivity index (χ0n) is 16.7. The lowest BCUT2D eigenvalue weighted by Gasteiger charge is -2.23. The van der Waals surface area contributed by atoms with Crippen LogP contribution in [-0.4, -0.2) is 52.6 Å². The number of amides is 2. The standard InChI is InChI=1S/C21H20BrN5O4/c1-26(12-20(28)24-19-7-6-14(22)11-23-19)13-21(29)27-16(18-5-3-9-31-18)10-15(25-27)17-4-2-8-30-17/h2-9,11,16H,10,12-13H2,1H3,(H,23,24,28). The zero-order valence-corrected chi connectivity index (χ0v) is 18.3. The first kappa shape index (κ1) is 21.0. The van der Waals surface area contributed by atoms with Crippen molar-refractivity contribution in [1.29, 1.82) is 0 Å². The molecule has 9 nitrogen and oxygen atoms in total. The average Bonchev–Trinajstić information content (AvgIpc) is 3.49. The molecule has 0 bridgehead atoms. The summed E-state index contributed by atoms with van der Waals surface area (Å²) in [4.78, 5) is 31.0. The molecule has 1 aliphatic heterocycles. The lowest BCUT2D eigenvalue weighted by atomic mass is 10.1. The van der Waals surface area contributed by atoms with Crippen molar-refractivity contribution in [1.82, 2.24) is 14.9 Å². The predicted octanol–water partition coefficient (Wildman–Crippen LogP) is 3.28. The normalized spacial score (nSPS) is 15.9. The second kappa shape index (κ2) is 9.27. The molecule has 4 rings (SSSR count). The van der Waals surface area contributed by atoms with E-state index in [4.69, 9.17) is 8.83 Å². The molecule has 3 aromatic heterocycles. The van der Waals surface area contributed by atoms with Gasteiger partial charge in [-0.2, -0.15) is 5.10 Å². The van der Waals surface area contributed by atoms with Crippen molar-refractivity contribution in [3.05, 3.63) is 71.1 Å². The molecular weight excluding hydrogens is 466 g/mol. The molecule has 31 heavy (non-hydrogen) atoms. The maximum absolute atomic E-state index is 13.0. The fourth-order valence-corrected chi connectivity index (χ4v) is 3.51. The number of anilines is 1. The summed E-state index contributed by atoms with van der Waals surface area (Å²) in [7, 11) is 1.70. The van der Waals surface area contributed by atoms with Crippen LogP contribution in [0.15, 0.2) is 73.5 Å². The lowest BCUT2D eigenvalue weighted by Crippen LogP contribution is -2.39. The van der Waals surface area contributed by atoms with Crippen LogP contribution in [0.3, 0.4) is 0 Å². The first-order valence-electron chi connectivity index (χ1n) is 9.56. The Bertz CT molecular complexity index is 1060. The summed E-state index contributed by atoms with van der Waals surface area (Å²) in [6, 6.07) is 10.3. The van der Waals surface area contributed by atoms with Crippen LogP contribution in [0, 0.1) is 0 Å². The Morgan fingerprint density at radius 3 is 2.68 bits per heavy atom. The quantitative estimate of drug-likeness (QED) is 0.550. The highest BCUT2D eigenvalue weighted by molar-refractivity contribution is 9.10. The molecule has 2 amide bonds. The van der Waals surface area contributed by atoms with Gasteiger partial charge < -0.3 is 14.2 Å². The van der Waals surface area contributed by atoms with Crippen LogP contribution >= 0.6 is 15.9 Å². The van der Waals surface area contributed by atoms with E-state index >= 15 is 0 Å². The van der Waals surface area contributed by atoms with E-state index in [0.29, 0.717) is 29.5 Å². The van der Waals surface area contributed by atoms with Gasteiger partial charge in [0.2, 0.25) is 5.91 Å². The molecule has 0 fully saturated rings. The maximum atomic E-state index is 13.0. The maximum Gasteiger partial charge on any atom is 0.257 e. The third-order valence-electron chi connectivity index (χ3n) is 4.66. The summed E-state index contributed by atoms with van der Waals surface area (Å²) < 4.78 is 11.8. The smallest absolute Gasteiger partial charge is 0.257 e. The average molecular weight is 486 g/mol. The van der Waals surface area contributed by atoms with E-state index in [-0.39, 0.29) is 30.9 Å². The van der Waals surface area contributed by atoms with E-state index in [2.05, 4.69) is 31.3 Å². The number of carbonyl (C=O) groups is 2. The number of hydrogen-bond donors (Lipinski definition) is 1. The molecule has 1 aliphatic rings. The highest BCUT2D eigenvalue weighted by Crippen LogP contribution is 2.33. The zero-order chi connectivity index (χ0) is 21.8. The molecule has 10 heteroatoms. The second-order valence-electron chi connectivity index (χ2n) is 7.08. The third kappa shape index (κ3) is 5.09. The summed E-state index contributed by atoms with van der Waals surface area (Å²) in [6.07, 6.45) is 5.21. The minimum atomic E-state index is -0.364.